The Balaban J connectivity index is 0.000000189. The predicted octanol–water partition coefficient (Wildman–Crippen LogP) is 12.6. The molecule has 0 heterocycles. The van der Waals surface area contributed by atoms with E-state index in [9.17, 15) is 26.3 Å². The Kier molecular flexibility index (Phi) is 11.2. The zero-order chi connectivity index (χ0) is 35.5. The summed E-state index contributed by atoms with van der Waals surface area (Å²) in [5.41, 5.74) is 2.17. The maximum absolute atomic E-state index is 12.7. The van der Waals surface area contributed by atoms with Crippen LogP contribution in [0.5, 0.6) is 0 Å². The van der Waals surface area contributed by atoms with Crippen molar-refractivity contribution in [3.63, 3.8) is 0 Å². The quantitative estimate of drug-likeness (QED) is 0.0927. The number of alkyl halides is 6. The second-order valence-corrected chi connectivity index (χ2v) is 15.5. The molecule has 0 saturated carbocycles. The second-order valence-electron chi connectivity index (χ2n) is 13.7. The van der Waals surface area contributed by atoms with Crippen LogP contribution in [0.2, 0.25) is 0 Å². The first-order valence-electron chi connectivity index (χ1n) is 15.5. The van der Waals surface area contributed by atoms with Crippen LogP contribution >= 0.6 is 0 Å². The zero-order valence-corrected chi connectivity index (χ0v) is 31.4. The summed E-state index contributed by atoms with van der Waals surface area (Å²) in [6.07, 6.45) is -8.96. The minimum Gasteiger partial charge on any atom is -0.214 e. The van der Waals surface area contributed by atoms with Crippen LogP contribution in [-0.2, 0) is 47.1 Å². The molecule has 6 aromatic carbocycles. The predicted molar refractivity (Wildman–Crippen MR) is 183 cm³/mol. The van der Waals surface area contributed by atoms with E-state index in [0.717, 1.165) is 24.3 Å². The first kappa shape index (κ1) is 37.2. The van der Waals surface area contributed by atoms with E-state index in [1.165, 1.54) is 56.9 Å². The largest absolute Gasteiger partial charge is 0.214 e. The van der Waals surface area contributed by atoms with Gasteiger partial charge in [0.05, 0.1) is 0 Å². The van der Waals surface area contributed by atoms with Crippen molar-refractivity contribution in [2.45, 2.75) is 64.7 Å². The molecule has 48 heavy (non-hydrogen) atoms. The van der Waals surface area contributed by atoms with Gasteiger partial charge in [0.2, 0.25) is 0 Å². The van der Waals surface area contributed by atoms with Crippen molar-refractivity contribution in [3.05, 3.63) is 155 Å². The topological polar surface area (TPSA) is 0 Å². The van der Waals surface area contributed by atoms with Crippen LogP contribution < -0.4 is 0 Å². The summed E-state index contributed by atoms with van der Waals surface area (Å²) in [5, 5.41) is 5.48. The maximum Gasteiger partial charge on any atom is -0.172 e. The van der Waals surface area contributed by atoms with E-state index in [4.69, 9.17) is 0 Å². The molecule has 0 saturated heterocycles. The molecule has 0 aliphatic rings. The Morgan fingerprint density at radius 2 is 0.896 bits per heavy atom. The average molecular weight is 823 g/mol. The van der Waals surface area contributed by atoms with Gasteiger partial charge in [-0.25, -0.2) is 12.1 Å². The van der Waals surface area contributed by atoms with Crippen LogP contribution in [0.4, 0.5) is 26.3 Å². The van der Waals surface area contributed by atoms with Crippen LogP contribution in [0, 0.1) is 0 Å². The van der Waals surface area contributed by atoms with Gasteiger partial charge in [-0.1, -0.05) is 76.9 Å². The molecular formula is C41H38F6Hf. The number of halogens is 6. The van der Waals surface area contributed by atoms with Crippen molar-refractivity contribution in [2.75, 3.05) is 0 Å². The molecule has 0 bridgehead atoms. The van der Waals surface area contributed by atoms with Gasteiger partial charge in [0.25, 0.3) is 0 Å². The van der Waals surface area contributed by atoms with Crippen LogP contribution in [0.3, 0.4) is 0 Å². The molecule has 0 atom stereocenters. The molecule has 6 aromatic rings. The molecule has 6 rings (SSSR count). The summed E-state index contributed by atoms with van der Waals surface area (Å²) in [7, 11) is 0. The molecule has 0 radical (unpaired) electrons. The fourth-order valence-electron chi connectivity index (χ4n) is 5.14. The number of benzene rings is 4. The SMILES string of the molecule is CC(C)(C)c1ccc2c(c1)[cH-]c1cc(C(C)(C)C)ccc12.FC(F)(F)c1cccc([C](=[Hf+2])c2cccc(C(F)(F)F)c2)c1.c1cc[cH-]c1. The fraction of sp³-hybridized carbons (Fsp3) is 0.244. The Hall–Kier alpha value is -3.58. The van der Waals surface area contributed by atoms with Crippen molar-refractivity contribution in [1.82, 2.24) is 0 Å². The van der Waals surface area contributed by atoms with Gasteiger partial charge in [-0.05, 0) is 10.8 Å². The molecule has 0 fully saturated rings. The Morgan fingerprint density at radius 1 is 0.500 bits per heavy atom. The van der Waals surface area contributed by atoms with E-state index in [-0.39, 0.29) is 10.8 Å². The molecule has 0 nitrogen and oxygen atoms in total. The second kappa shape index (κ2) is 14.5. The summed E-state index contributed by atoms with van der Waals surface area (Å²) in [6, 6.07) is 35.4. The monoisotopic (exact) mass is 824 g/mol. The zero-order valence-electron chi connectivity index (χ0n) is 27.8. The van der Waals surface area contributed by atoms with Gasteiger partial charge in [0.1, 0.15) is 0 Å². The molecular weight excluding hydrogens is 785 g/mol. The summed E-state index contributed by atoms with van der Waals surface area (Å²) in [6.45, 7) is 13.6. The first-order chi connectivity index (χ1) is 22.2. The molecule has 0 aliphatic heterocycles. The standard InChI is InChI=1S/C21H25.C15H8F6.C5H5.Hf/c1-20(2,3)16-7-9-18-14(12-16)11-15-13-17(21(4,5)6)8-10-19(15)18;16-14(17,18)12-5-1-3-10(8-12)7-11-4-2-6-13(9-11)15(19,20)21;1-2-4-5-3-1;/h7-13H,1-6H3;1-6,8-9H;1-5H;/q-1;;-1;+2. The van der Waals surface area contributed by atoms with E-state index < -0.39 is 23.5 Å². The third-order valence-corrected chi connectivity index (χ3v) is 10.0. The number of hydrogen-bond acceptors (Lipinski definition) is 0. The average Bonchev–Trinajstić information content (AvgIpc) is 3.71. The van der Waals surface area contributed by atoms with Crippen molar-refractivity contribution >= 4 is 24.8 Å². The third-order valence-electron chi connectivity index (χ3n) is 7.95. The number of hydrogen-bond donors (Lipinski definition) is 0. The van der Waals surface area contributed by atoms with E-state index in [2.05, 4.69) is 84.0 Å². The van der Waals surface area contributed by atoms with Crippen LogP contribution in [0.25, 0.3) is 21.5 Å². The third kappa shape index (κ3) is 9.52. The van der Waals surface area contributed by atoms with Gasteiger partial charge in [-0.2, -0.15) is 18.2 Å². The van der Waals surface area contributed by atoms with Gasteiger partial charge in [0, 0.05) is 0 Å². The molecule has 248 valence electrons. The molecule has 0 aliphatic carbocycles. The van der Waals surface area contributed by atoms with Crippen molar-refractivity contribution in [3.8, 4) is 0 Å². The van der Waals surface area contributed by atoms with E-state index in [1.807, 2.05) is 30.3 Å². The summed E-state index contributed by atoms with van der Waals surface area (Å²) >= 11 is 0.316. The molecule has 0 spiro atoms. The molecule has 0 amide bonds. The number of rotatable bonds is 2. The van der Waals surface area contributed by atoms with E-state index in [0.29, 0.717) is 38.3 Å². The van der Waals surface area contributed by atoms with Crippen LogP contribution in [-0.4, -0.2) is 3.26 Å². The van der Waals surface area contributed by atoms with Gasteiger partial charge < -0.3 is 0 Å². The summed E-state index contributed by atoms with van der Waals surface area (Å²) < 4.78 is 76.7. The van der Waals surface area contributed by atoms with Gasteiger partial charge in [-0.3, -0.25) is 0 Å². The molecule has 0 N–H and O–H groups in total. The number of fused-ring (bicyclic) bond motifs is 3. The Labute approximate surface area is 293 Å². The first-order valence-corrected chi connectivity index (χ1v) is 17.3. The minimum absolute atomic E-state index is 0.203. The van der Waals surface area contributed by atoms with Gasteiger partial charge in [0.15, 0.2) is 0 Å². The smallest absolute Gasteiger partial charge is 0.172 e. The molecule has 0 aromatic heterocycles. The van der Waals surface area contributed by atoms with Gasteiger partial charge in [-0.15, -0.1) is 39.7 Å². The maximum atomic E-state index is 12.7. The molecule has 7 heteroatoms. The normalized spacial score (nSPS) is 12.3. The van der Waals surface area contributed by atoms with Crippen molar-refractivity contribution in [2.24, 2.45) is 0 Å². The Morgan fingerprint density at radius 3 is 1.21 bits per heavy atom. The van der Waals surface area contributed by atoms with Crippen molar-refractivity contribution < 1.29 is 50.2 Å². The fourth-order valence-corrected chi connectivity index (χ4v) is 6.26. The minimum atomic E-state index is -4.48. The van der Waals surface area contributed by atoms with Crippen LogP contribution in [0.1, 0.15) is 74.9 Å². The van der Waals surface area contributed by atoms with Crippen LogP contribution in [0.15, 0.2) is 121 Å². The summed E-state index contributed by atoms with van der Waals surface area (Å²) in [4.78, 5) is 0. The van der Waals surface area contributed by atoms with Gasteiger partial charge >= 0.3 is 137 Å². The molecule has 0 unspecified atom stereocenters. The Bertz CT molecular complexity index is 1830. The summed E-state index contributed by atoms with van der Waals surface area (Å²) in [5.74, 6) is 0. The van der Waals surface area contributed by atoms with Crippen molar-refractivity contribution in [1.29, 1.82) is 0 Å². The van der Waals surface area contributed by atoms with E-state index in [1.54, 1.807) is 0 Å². The van der Waals surface area contributed by atoms with E-state index >= 15 is 0 Å².